The Morgan fingerprint density at radius 3 is 2.25 bits per heavy atom. The molecule has 80 valence electrons. The van der Waals surface area contributed by atoms with Crippen molar-refractivity contribution in [3.05, 3.63) is 66.7 Å². The lowest BCUT2D eigenvalue weighted by atomic mass is 10.2. The first-order chi connectivity index (χ1) is 7.77. The van der Waals surface area contributed by atoms with Gasteiger partial charge in [0, 0.05) is 5.56 Å². The maximum absolute atomic E-state index is 9.49. The molecule has 16 heavy (non-hydrogen) atoms. The Balaban J connectivity index is 2.31. The quantitative estimate of drug-likeness (QED) is 0.632. The normalized spacial score (nSPS) is 10.8. The summed E-state index contributed by atoms with van der Waals surface area (Å²) in [6.45, 7) is 3.59. The summed E-state index contributed by atoms with van der Waals surface area (Å²) in [5, 5.41) is 11.9. The third-order valence-electron chi connectivity index (χ3n) is 2.29. The molecule has 0 fully saturated rings. The van der Waals surface area contributed by atoms with E-state index in [4.69, 9.17) is 0 Å². The van der Waals surface area contributed by atoms with Gasteiger partial charge in [0.25, 0.3) is 0 Å². The molecule has 2 aromatic rings. The summed E-state index contributed by atoms with van der Waals surface area (Å²) in [4.78, 5) is 0. The molecule has 0 bridgehead atoms. The van der Waals surface area contributed by atoms with E-state index in [0.29, 0.717) is 8.58 Å². The van der Waals surface area contributed by atoms with E-state index >= 15 is 0 Å². The standard InChI is InChI=1S/C14H13OP/c1-11(15)13-9-5-6-10-14(13)16-12-7-3-2-4-8-12/h2-10,15-16H,1H2. The van der Waals surface area contributed by atoms with Crippen LogP contribution < -0.4 is 10.6 Å². The van der Waals surface area contributed by atoms with Crippen LogP contribution in [0.5, 0.6) is 0 Å². The van der Waals surface area contributed by atoms with Crippen molar-refractivity contribution in [1.82, 2.24) is 0 Å². The van der Waals surface area contributed by atoms with Crippen molar-refractivity contribution in [2.45, 2.75) is 0 Å². The number of aliphatic hydroxyl groups is 1. The fraction of sp³-hybridized carbons (Fsp3) is 0. The number of hydrogen-bond donors (Lipinski definition) is 1. The van der Waals surface area contributed by atoms with E-state index in [9.17, 15) is 5.11 Å². The fourth-order valence-corrected chi connectivity index (χ4v) is 2.73. The van der Waals surface area contributed by atoms with Gasteiger partial charge in [-0.25, -0.2) is 0 Å². The van der Waals surface area contributed by atoms with Crippen molar-refractivity contribution in [3.8, 4) is 0 Å². The fourth-order valence-electron chi connectivity index (χ4n) is 1.52. The van der Waals surface area contributed by atoms with Crippen LogP contribution in [-0.4, -0.2) is 5.11 Å². The topological polar surface area (TPSA) is 20.2 Å². The van der Waals surface area contributed by atoms with Crippen molar-refractivity contribution in [2.24, 2.45) is 0 Å². The average Bonchev–Trinajstić information content (AvgIpc) is 2.31. The largest absolute Gasteiger partial charge is 0.508 e. The molecule has 0 spiro atoms. The Morgan fingerprint density at radius 2 is 1.56 bits per heavy atom. The van der Waals surface area contributed by atoms with Crippen LogP contribution in [0.3, 0.4) is 0 Å². The number of rotatable bonds is 3. The lowest BCUT2D eigenvalue weighted by molar-refractivity contribution is 0.514. The minimum absolute atomic E-state index is 0.138. The van der Waals surface area contributed by atoms with E-state index in [1.807, 2.05) is 42.5 Å². The van der Waals surface area contributed by atoms with Gasteiger partial charge in [-0.1, -0.05) is 69.8 Å². The molecular formula is C14H13OP. The summed E-state index contributed by atoms with van der Waals surface area (Å²) in [6, 6.07) is 18.1. The van der Waals surface area contributed by atoms with E-state index in [2.05, 4.69) is 18.7 Å². The minimum atomic E-state index is 0.138. The summed E-state index contributed by atoms with van der Waals surface area (Å²) in [5.41, 5.74) is 0.838. The van der Waals surface area contributed by atoms with Gasteiger partial charge >= 0.3 is 0 Å². The van der Waals surface area contributed by atoms with Crippen molar-refractivity contribution in [3.63, 3.8) is 0 Å². The predicted molar refractivity (Wildman–Crippen MR) is 72.1 cm³/mol. The highest BCUT2D eigenvalue weighted by Crippen LogP contribution is 2.17. The predicted octanol–water partition coefficient (Wildman–Crippen LogP) is 2.84. The van der Waals surface area contributed by atoms with Crippen LogP contribution >= 0.6 is 8.58 Å². The Bertz CT molecular complexity index is 491. The van der Waals surface area contributed by atoms with Crippen LogP contribution in [0.4, 0.5) is 0 Å². The zero-order valence-electron chi connectivity index (χ0n) is 8.85. The van der Waals surface area contributed by atoms with E-state index in [1.165, 1.54) is 5.30 Å². The van der Waals surface area contributed by atoms with Gasteiger partial charge < -0.3 is 5.11 Å². The summed E-state index contributed by atoms with van der Waals surface area (Å²) < 4.78 is 0. The molecule has 0 aliphatic heterocycles. The van der Waals surface area contributed by atoms with Gasteiger partial charge in [-0.3, -0.25) is 0 Å². The molecule has 2 aromatic carbocycles. The van der Waals surface area contributed by atoms with Gasteiger partial charge in [-0.05, 0) is 10.6 Å². The first kappa shape index (κ1) is 10.9. The van der Waals surface area contributed by atoms with Gasteiger partial charge in [0.2, 0.25) is 0 Å². The van der Waals surface area contributed by atoms with Crippen molar-refractivity contribution in [2.75, 3.05) is 0 Å². The van der Waals surface area contributed by atoms with Gasteiger partial charge in [0.05, 0.1) is 0 Å². The maximum Gasteiger partial charge on any atom is 0.116 e. The zero-order valence-corrected chi connectivity index (χ0v) is 9.85. The monoisotopic (exact) mass is 228 g/mol. The van der Waals surface area contributed by atoms with Crippen molar-refractivity contribution >= 4 is 24.9 Å². The van der Waals surface area contributed by atoms with Crippen LogP contribution in [0.1, 0.15) is 5.56 Å². The Morgan fingerprint density at radius 1 is 0.938 bits per heavy atom. The molecule has 1 N–H and O–H groups in total. The van der Waals surface area contributed by atoms with Crippen molar-refractivity contribution in [1.29, 1.82) is 0 Å². The molecule has 0 amide bonds. The zero-order chi connectivity index (χ0) is 11.4. The highest BCUT2D eigenvalue weighted by atomic mass is 31.1. The minimum Gasteiger partial charge on any atom is -0.508 e. The smallest absolute Gasteiger partial charge is 0.116 e. The third-order valence-corrected chi connectivity index (χ3v) is 3.62. The lowest BCUT2D eigenvalue weighted by Gasteiger charge is -2.07. The first-order valence-electron chi connectivity index (χ1n) is 5.07. The second-order valence-electron chi connectivity index (χ2n) is 3.48. The Kier molecular flexibility index (Phi) is 3.38. The van der Waals surface area contributed by atoms with Crippen LogP contribution in [-0.2, 0) is 0 Å². The maximum atomic E-state index is 9.49. The summed E-state index contributed by atoms with van der Waals surface area (Å²) in [5.74, 6) is 0.138. The second kappa shape index (κ2) is 4.96. The second-order valence-corrected chi connectivity index (χ2v) is 4.85. The summed E-state index contributed by atoms with van der Waals surface area (Å²) in [6.07, 6.45) is 0. The summed E-state index contributed by atoms with van der Waals surface area (Å²) >= 11 is 0. The molecule has 0 saturated heterocycles. The molecular weight excluding hydrogens is 215 g/mol. The van der Waals surface area contributed by atoms with Gasteiger partial charge in [0.15, 0.2) is 0 Å². The van der Waals surface area contributed by atoms with Crippen LogP contribution in [0.2, 0.25) is 0 Å². The first-order valence-corrected chi connectivity index (χ1v) is 6.07. The van der Waals surface area contributed by atoms with Crippen molar-refractivity contribution < 1.29 is 5.11 Å². The molecule has 0 aromatic heterocycles. The number of hydrogen-bond acceptors (Lipinski definition) is 1. The molecule has 0 radical (unpaired) electrons. The molecule has 1 unspecified atom stereocenters. The molecule has 1 atom stereocenters. The summed E-state index contributed by atoms with van der Waals surface area (Å²) in [7, 11) is 0.548. The third kappa shape index (κ3) is 2.50. The molecule has 0 aliphatic rings. The van der Waals surface area contributed by atoms with Crippen LogP contribution in [0, 0.1) is 0 Å². The SMILES string of the molecule is C=C(O)c1ccccc1Pc1ccccc1. The van der Waals surface area contributed by atoms with Crippen LogP contribution in [0.25, 0.3) is 5.76 Å². The molecule has 2 rings (SSSR count). The number of aliphatic hydroxyl groups excluding tert-OH is 1. The molecule has 0 saturated carbocycles. The average molecular weight is 228 g/mol. The van der Waals surface area contributed by atoms with E-state index in [-0.39, 0.29) is 5.76 Å². The van der Waals surface area contributed by atoms with Gasteiger partial charge in [0.1, 0.15) is 5.76 Å². The van der Waals surface area contributed by atoms with E-state index < -0.39 is 0 Å². The Labute approximate surface area is 97.2 Å². The highest BCUT2D eigenvalue weighted by Gasteiger charge is 2.04. The molecule has 0 aliphatic carbocycles. The van der Waals surface area contributed by atoms with Gasteiger partial charge in [-0.15, -0.1) is 0 Å². The molecule has 1 nitrogen and oxygen atoms in total. The van der Waals surface area contributed by atoms with E-state index in [1.54, 1.807) is 0 Å². The molecule has 0 heterocycles. The van der Waals surface area contributed by atoms with Gasteiger partial charge in [-0.2, -0.15) is 0 Å². The highest BCUT2D eigenvalue weighted by molar-refractivity contribution is 7.55. The van der Waals surface area contributed by atoms with Crippen LogP contribution in [0.15, 0.2) is 61.2 Å². The number of benzene rings is 2. The van der Waals surface area contributed by atoms with E-state index in [0.717, 1.165) is 10.9 Å². The Hall–Kier alpha value is -1.59. The molecule has 2 heteroatoms. The lowest BCUT2D eigenvalue weighted by Crippen LogP contribution is -2.07.